The van der Waals surface area contributed by atoms with Gasteiger partial charge in [0.15, 0.2) is 0 Å². The minimum atomic E-state index is -3.83. The molecule has 0 atom stereocenters. The number of hydrogen-bond acceptors (Lipinski definition) is 4. The van der Waals surface area contributed by atoms with Gasteiger partial charge in [-0.25, -0.2) is 13.2 Å². The smallest absolute Gasteiger partial charge is 0.338 e. The zero-order chi connectivity index (χ0) is 15.7. The van der Waals surface area contributed by atoms with Crippen LogP contribution in [0.3, 0.4) is 0 Å². The third-order valence-electron chi connectivity index (χ3n) is 3.08. The molecule has 0 bridgehead atoms. The Labute approximate surface area is 130 Å². The van der Waals surface area contributed by atoms with Crippen LogP contribution in [-0.2, 0) is 13.8 Å². The van der Waals surface area contributed by atoms with Crippen molar-refractivity contribution >= 4 is 25.7 Å². The summed E-state index contributed by atoms with van der Waals surface area (Å²) in [4.78, 5) is 11.7. The Hall–Kier alpha value is -1.07. The van der Waals surface area contributed by atoms with E-state index in [2.05, 4.69) is 6.92 Å². The van der Waals surface area contributed by atoms with Gasteiger partial charge in [0.2, 0.25) is 0 Å². The van der Waals surface area contributed by atoms with Crippen LogP contribution in [0.4, 0.5) is 0 Å². The Morgan fingerprint density at radius 3 is 2.48 bits per heavy atom. The van der Waals surface area contributed by atoms with E-state index in [-0.39, 0.29) is 10.5 Å². The lowest BCUT2D eigenvalue weighted by molar-refractivity contribution is 0.0497. The molecule has 0 fully saturated rings. The second kappa shape index (κ2) is 9.05. The van der Waals surface area contributed by atoms with Crippen LogP contribution in [0.5, 0.6) is 0 Å². The Kier molecular flexibility index (Phi) is 7.75. The van der Waals surface area contributed by atoms with Crippen molar-refractivity contribution in [2.24, 2.45) is 0 Å². The first-order chi connectivity index (χ1) is 9.95. The van der Waals surface area contributed by atoms with Gasteiger partial charge in [0.05, 0.1) is 17.1 Å². The second-order valence-electron chi connectivity index (χ2n) is 4.87. The summed E-state index contributed by atoms with van der Waals surface area (Å²) in [6.45, 7) is 2.51. The summed E-state index contributed by atoms with van der Waals surface area (Å²) in [5.74, 6) is -0.522. The molecule has 118 valence electrons. The number of carbonyl (C=O) groups excluding carboxylic acids is 1. The molecule has 0 radical (unpaired) electrons. The molecule has 0 aliphatic heterocycles. The fraction of sp³-hybridized carbons (Fsp3) is 0.533. The summed E-state index contributed by atoms with van der Waals surface area (Å²) in [5.41, 5.74) is 0.197. The maximum absolute atomic E-state index is 11.8. The zero-order valence-electron chi connectivity index (χ0n) is 12.2. The number of halogens is 1. The van der Waals surface area contributed by atoms with Crippen LogP contribution in [0, 0.1) is 0 Å². The highest BCUT2D eigenvalue weighted by Crippen LogP contribution is 2.16. The van der Waals surface area contributed by atoms with Gasteiger partial charge in [-0.05, 0) is 24.6 Å². The van der Waals surface area contributed by atoms with Gasteiger partial charge in [-0.2, -0.15) is 0 Å². The van der Waals surface area contributed by atoms with Crippen LogP contribution in [0.2, 0.25) is 0 Å². The summed E-state index contributed by atoms with van der Waals surface area (Å²) >= 11 is 0. The average molecular weight is 333 g/mol. The van der Waals surface area contributed by atoms with Crippen molar-refractivity contribution in [2.75, 3.05) is 6.61 Å². The highest BCUT2D eigenvalue weighted by molar-refractivity contribution is 8.13. The predicted molar refractivity (Wildman–Crippen MR) is 83.1 cm³/mol. The number of rotatable bonds is 9. The molecule has 0 aliphatic carbocycles. The molecule has 0 spiro atoms. The number of ether oxygens (including phenoxy) is 1. The Balaban J connectivity index is 2.39. The number of benzene rings is 1. The maximum Gasteiger partial charge on any atom is 0.338 e. The van der Waals surface area contributed by atoms with E-state index in [1.165, 1.54) is 43.5 Å². The highest BCUT2D eigenvalue weighted by Gasteiger charge is 2.14. The van der Waals surface area contributed by atoms with Crippen LogP contribution in [0.25, 0.3) is 0 Å². The van der Waals surface area contributed by atoms with Crippen molar-refractivity contribution < 1.29 is 17.9 Å². The molecule has 1 rings (SSSR count). The quantitative estimate of drug-likeness (QED) is 0.387. The topological polar surface area (TPSA) is 60.4 Å². The van der Waals surface area contributed by atoms with Crippen molar-refractivity contribution in [3.8, 4) is 0 Å². The normalized spacial score (nSPS) is 11.3. The summed E-state index contributed by atoms with van der Waals surface area (Å²) in [5, 5.41) is 0. The Morgan fingerprint density at radius 1 is 1.14 bits per heavy atom. The monoisotopic (exact) mass is 332 g/mol. The van der Waals surface area contributed by atoms with Crippen LogP contribution in [0.1, 0.15) is 55.8 Å². The van der Waals surface area contributed by atoms with E-state index >= 15 is 0 Å². The summed E-state index contributed by atoms with van der Waals surface area (Å²) < 4.78 is 27.5. The van der Waals surface area contributed by atoms with E-state index in [4.69, 9.17) is 15.4 Å². The average Bonchev–Trinajstić information content (AvgIpc) is 2.45. The molecule has 0 unspecified atom stereocenters. The van der Waals surface area contributed by atoms with Gasteiger partial charge in [0, 0.05) is 10.7 Å². The molecule has 4 nitrogen and oxygen atoms in total. The standard InChI is InChI=1S/C15H21ClO4S/c1-2-3-4-5-6-7-11-20-15(17)13-9-8-10-14(12-13)21(16,18)19/h8-10,12H,2-7,11H2,1H3. The molecule has 21 heavy (non-hydrogen) atoms. The van der Waals surface area contributed by atoms with Crippen molar-refractivity contribution in [3.63, 3.8) is 0 Å². The first-order valence-electron chi connectivity index (χ1n) is 7.17. The third-order valence-corrected chi connectivity index (χ3v) is 4.43. The van der Waals surface area contributed by atoms with E-state index in [0.717, 1.165) is 19.3 Å². The Bertz CT molecular complexity index is 555. The van der Waals surface area contributed by atoms with Gasteiger partial charge >= 0.3 is 5.97 Å². The maximum atomic E-state index is 11.8. The first-order valence-corrected chi connectivity index (χ1v) is 9.48. The van der Waals surface area contributed by atoms with Crippen LogP contribution in [-0.4, -0.2) is 21.0 Å². The van der Waals surface area contributed by atoms with Crippen molar-refractivity contribution in [2.45, 2.75) is 50.3 Å². The number of carbonyl (C=O) groups is 1. The van der Waals surface area contributed by atoms with Gasteiger partial charge in [0.1, 0.15) is 0 Å². The van der Waals surface area contributed by atoms with Gasteiger partial charge in [-0.3, -0.25) is 0 Å². The fourth-order valence-electron chi connectivity index (χ4n) is 1.91. The van der Waals surface area contributed by atoms with E-state index in [1.54, 1.807) is 0 Å². The molecule has 0 saturated carbocycles. The zero-order valence-corrected chi connectivity index (χ0v) is 13.8. The van der Waals surface area contributed by atoms with Crippen LogP contribution >= 0.6 is 10.7 Å². The van der Waals surface area contributed by atoms with Gasteiger partial charge < -0.3 is 4.74 Å². The molecule has 0 aromatic heterocycles. The Morgan fingerprint density at radius 2 is 1.81 bits per heavy atom. The van der Waals surface area contributed by atoms with Crippen LogP contribution in [0.15, 0.2) is 29.2 Å². The van der Waals surface area contributed by atoms with E-state index in [1.807, 2.05) is 0 Å². The highest BCUT2D eigenvalue weighted by atomic mass is 35.7. The van der Waals surface area contributed by atoms with E-state index in [0.29, 0.717) is 6.61 Å². The van der Waals surface area contributed by atoms with Crippen molar-refractivity contribution in [1.82, 2.24) is 0 Å². The van der Waals surface area contributed by atoms with Gasteiger partial charge in [-0.1, -0.05) is 45.1 Å². The molecule has 1 aromatic carbocycles. The summed E-state index contributed by atoms with van der Waals surface area (Å²) in [7, 11) is 1.41. The first kappa shape index (κ1) is 18.0. The molecule has 0 N–H and O–H groups in total. The SMILES string of the molecule is CCCCCCCCOC(=O)c1cccc(S(=O)(=O)Cl)c1. The van der Waals surface area contributed by atoms with E-state index < -0.39 is 15.0 Å². The van der Waals surface area contributed by atoms with Gasteiger partial charge in [0.25, 0.3) is 9.05 Å². The second-order valence-corrected chi connectivity index (χ2v) is 7.44. The summed E-state index contributed by atoms with van der Waals surface area (Å²) in [6.07, 6.45) is 6.64. The molecular formula is C15H21ClO4S. The molecule has 1 aromatic rings. The molecule has 0 saturated heterocycles. The predicted octanol–water partition coefficient (Wildman–Crippen LogP) is 4.13. The minimum absolute atomic E-state index is 0.0989. The fourth-order valence-corrected chi connectivity index (χ4v) is 2.70. The summed E-state index contributed by atoms with van der Waals surface area (Å²) in [6, 6.07) is 5.55. The van der Waals surface area contributed by atoms with Gasteiger partial charge in [-0.15, -0.1) is 0 Å². The molecule has 6 heteroatoms. The lowest BCUT2D eigenvalue weighted by Gasteiger charge is -2.05. The number of esters is 1. The molecule has 0 amide bonds. The number of unbranched alkanes of at least 4 members (excludes halogenated alkanes) is 5. The third kappa shape index (κ3) is 6.96. The number of hydrogen-bond donors (Lipinski definition) is 0. The molecular weight excluding hydrogens is 312 g/mol. The van der Waals surface area contributed by atoms with Crippen molar-refractivity contribution in [3.05, 3.63) is 29.8 Å². The van der Waals surface area contributed by atoms with E-state index in [9.17, 15) is 13.2 Å². The molecule has 0 aliphatic rings. The molecule has 0 heterocycles. The largest absolute Gasteiger partial charge is 0.462 e. The lowest BCUT2D eigenvalue weighted by Crippen LogP contribution is -2.07. The lowest BCUT2D eigenvalue weighted by atomic mass is 10.1. The minimum Gasteiger partial charge on any atom is -0.462 e. The van der Waals surface area contributed by atoms with Crippen LogP contribution < -0.4 is 0 Å². The van der Waals surface area contributed by atoms with Crippen molar-refractivity contribution in [1.29, 1.82) is 0 Å².